The second kappa shape index (κ2) is 7.77. The van der Waals surface area contributed by atoms with Gasteiger partial charge in [-0.25, -0.2) is 9.07 Å². The van der Waals surface area contributed by atoms with Crippen molar-refractivity contribution in [3.8, 4) is 5.69 Å². The van der Waals surface area contributed by atoms with Crippen LogP contribution < -0.4 is 11.1 Å². The summed E-state index contributed by atoms with van der Waals surface area (Å²) in [7, 11) is 0. The average Bonchev–Trinajstić information content (AvgIpc) is 2.76. The first-order valence-corrected chi connectivity index (χ1v) is 7.55. The Morgan fingerprint density at radius 2 is 1.88 bits per heavy atom. The molecule has 1 amide bonds. The van der Waals surface area contributed by atoms with Gasteiger partial charge in [0.15, 0.2) is 0 Å². The maximum Gasteiger partial charge on any atom is 0.225 e. The van der Waals surface area contributed by atoms with Gasteiger partial charge in [-0.2, -0.15) is 5.10 Å². The number of hydrogen-bond acceptors (Lipinski definition) is 3. The lowest BCUT2D eigenvalue weighted by atomic mass is 10.0. The summed E-state index contributed by atoms with van der Waals surface area (Å²) in [5.41, 5.74) is 8.49. The smallest absolute Gasteiger partial charge is 0.225 e. The number of aryl methyl sites for hydroxylation is 1. The summed E-state index contributed by atoms with van der Waals surface area (Å²) in [5, 5.41) is 7.38. The molecule has 2 rings (SSSR count). The van der Waals surface area contributed by atoms with Gasteiger partial charge >= 0.3 is 0 Å². The first-order valence-electron chi connectivity index (χ1n) is 7.55. The Balaban J connectivity index is 0.00000288. The minimum absolute atomic E-state index is 0. The number of nitrogens with one attached hydrogen (secondary N) is 1. The van der Waals surface area contributed by atoms with E-state index in [-0.39, 0.29) is 30.6 Å². The Morgan fingerprint density at radius 1 is 1.29 bits per heavy atom. The highest BCUT2D eigenvalue weighted by atomic mass is 35.5. The van der Waals surface area contributed by atoms with Crippen molar-refractivity contribution in [1.82, 2.24) is 15.1 Å². The van der Waals surface area contributed by atoms with Gasteiger partial charge in [-0.15, -0.1) is 12.4 Å². The van der Waals surface area contributed by atoms with Gasteiger partial charge in [0.2, 0.25) is 5.91 Å². The summed E-state index contributed by atoms with van der Waals surface area (Å²) in [6.45, 7) is 7.90. The molecule has 0 unspecified atom stereocenters. The molecular formula is C17H24ClFN4O. The molecule has 0 radical (unpaired) electrons. The van der Waals surface area contributed by atoms with Crippen LogP contribution in [0.5, 0.6) is 0 Å². The number of carbonyl (C=O) groups excluding carboxylic acids is 1. The zero-order valence-corrected chi connectivity index (χ0v) is 15.2. The maximum atomic E-state index is 13.1. The fraction of sp³-hybridized carbons (Fsp3) is 0.412. The van der Waals surface area contributed by atoms with Crippen LogP contribution in [0.25, 0.3) is 5.69 Å². The van der Waals surface area contributed by atoms with Crippen molar-refractivity contribution in [3.63, 3.8) is 0 Å². The molecule has 24 heavy (non-hydrogen) atoms. The Bertz CT molecular complexity index is 710. The summed E-state index contributed by atoms with van der Waals surface area (Å²) >= 11 is 0. The van der Waals surface area contributed by atoms with E-state index in [4.69, 9.17) is 5.73 Å². The van der Waals surface area contributed by atoms with E-state index in [0.29, 0.717) is 6.54 Å². The van der Waals surface area contributed by atoms with E-state index in [9.17, 15) is 9.18 Å². The summed E-state index contributed by atoms with van der Waals surface area (Å²) in [6, 6.07) is 6.11. The molecule has 0 saturated heterocycles. The Labute approximate surface area is 147 Å². The first kappa shape index (κ1) is 20.1. The highest BCUT2D eigenvalue weighted by Crippen LogP contribution is 2.19. The molecule has 2 aromatic rings. The Kier molecular flexibility index (Phi) is 6.51. The molecule has 0 saturated carbocycles. The summed E-state index contributed by atoms with van der Waals surface area (Å²) in [6.07, 6.45) is 0.238. The second-order valence-electron chi connectivity index (χ2n) is 6.35. The predicted molar refractivity (Wildman–Crippen MR) is 95.2 cm³/mol. The van der Waals surface area contributed by atoms with Gasteiger partial charge in [0.25, 0.3) is 0 Å². The molecule has 0 fully saturated rings. The number of aromatic nitrogens is 2. The van der Waals surface area contributed by atoms with Crippen LogP contribution in [0.4, 0.5) is 4.39 Å². The fourth-order valence-corrected chi connectivity index (χ4v) is 2.40. The Hall–Kier alpha value is -1.92. The number of nitrogens with two attached hydrogens (primary N) is 1. The highest BCUT2D eigenvalue weighted by Gasteiger charge is 2.21. The molecule has 0 spiro atoms. The average molecular weight is 355 g/mol. The van der Waals surface area contributed by atoms with Gasteiger partial charge in [-0.1, -0.05) is 0 Å². The third-order valence-corrected chi connectivity index (χ3v) is 3.84. The lowest BCUT2D eigenvalue weighted by Gasteiger charge is -2.24. The fourth-order valence-electron chi connectivity index (χ4n) is 2.40. The third kappa shape index (κ3) is 4.55. The highest BCUT2D eigenvalue weighted by molar-refractivity contribution is 5.85. The van der Waals surface area contributed by atoms with Gasteiger partial charge in [-0.3, -0.25) is 4.79 Å². The molecule has 0 aliphatic carbocycles. The molecule has 132 valence electrons. The predicted octanol–water partition coefficient (Wildman–Crippen LogP) is 2.45. The number of nitrogens with zero attached hydrogens (tertiary/aromatic N) is 2. The van der Waals surface area contributed by atoms with E-state index < -0.39 is 5.54 Å². The first-order chi connectivity index (χ1) is 10.7. The van der Waals surface area contributed by atoms with Crippen LogP contribution in [0, 0.1) is 19.7 Å². The van der Waals surface area contributed by atoms with Crippen molar-refractivity contribution in [2.75, 3.05) is 6.54 Å². The van der Waals surface area contributed by atoms with E-state index >= 15 is 0 Å². The minimum atomic E-state index is -0.439. The molecule has 1 aromatic carbocycles. The molecule has 1 heterocycles. The lowest BCUT2D eigenvalue weighted by Crippen LogP contribution is -2.49. The van der Waals surface area contributed by atoms with Crippen LogP contribution in [0.1, 0.15) is 30.8 Å². The maximum absolute atomic E-state index is 13.1. The van der Waals surface area contributed by atoms with Crippen LogP contribution in [-0.2, 0) is 11.2 Å². The molecule has 0 aliphatic heterocycles. The molecule has 3 N–H and O–H groups in total. The van der Waals surface area contributed by atoms with Gasteiger partial charge in [0.1, 0.15) is 5.82 Å². The van der Waals surface area contributed by atoms with Crippen molar-refractivity contribution < 1.29 is 9.18 Å². The van der Waals surface area contributed by atoms with Crippen LogP contribution in [0.2, 0.25) is 0 Å². The van der Waals surface area contributed by atoms with Crippen molar-refractivity contribution in [1.29, 1.82) is 0 Å². The van der Waals surface area contributed by atoms with Gasteiger partial charge in [0.05, 0.1) is 17.8 Å². The molecule has 5 nitrogen and oxygen atoms in total. The van der Waals surface area contributed by atoms with E-state index in [2.05, 4.69) is 10.4 Å². The number of benzene rings is 1. The summed E-state index contributed by atoms with van der Waals surface area (Å²) < 4.78 is 14.8. The van der Waals surface area contributed by atoms with E-state index in [1.165, 1.54) is 12.1 Å². The molecule has 1 aromatic heterocycles. The van der Waals surface area contributed by atoms with Crippen LogP contribution in [0.15, 0.2) is 24.3 Å². The molecular weight excluding hydrogens is 331 g/mol. The van der Waals surface area contributed by atoms with Crippen molar-refractivity contribution in [3.05, 3.63) is 47.0 Å². The van der Waals surface area contributed by atoms with Crippen molar-refractivity contribution in [2.45, 2.75) is 39.7 Å². The summed E-state index contributed by atoms with van der Waals surface area (Å²) in [5.74, 6) is -0.385. The van der Waals surface area contributed by atoms with E-state index in [1.54, 1.807) is 16.8 Å². The van der Waals surface area contributed by atoms with Crippen LogP contribution >= 0.6 is 12.4 Å². The van der Waals surface area contributed by atoms with E-state index in [0.717, 1.165) is 22.6 Å². The Morgan fingerprint density at radius 3 is 2.42 bits per heavy atom. The SMILES string of the molecule is Cc1nn(-c2ccc(F)cc2)c(C)c1CC(=O)NC(C)(C)CN.Cl. The number of rotatable bonds is 5. The largest absolute Gasteiger partial charge is 0.350 e. The molecule has 7 heteroatoms. The van der Waals surface area contributed by atoms with Gasteiger partial charge in [-0.05, 0) is 52.0 Å². The molecule has 0 aliphatic rings. The number of amides is 1. The van der Waals surface area contributed by atoms with Crippen LogP contribution in [-0.4, -0.2) is 27.8 Å². The summed E-state index contributed by atoms with van der Waals surface area (Å²) in [4.78, 5) is 12.2. The van der Waals surface area contributed by atoms with Crippen molar-refractivity contribution in [2.24, 2.45) is 5.73 Å². The van der Waals surface area contributed by atoms with Crippen molar-refractivity contribution >= 4 is 18.3 Å². The minimum Gasteiger partial charge on any atom is -0.350 e. The molecule has 0 atom stereocenters. The van der Waals surface area contributed by atoms with Gasteiger partial charge < -0.3 is 11.1 Å². The van der Waals surface area contributed by atoms with Crippen LogP contribution in [0.3, 0.4) is 0 Å². The number of carbonyl (C=O) groups is 1. The second-order valence-corrected chi connectivity index (χ2v) is 6.35. The normalized spacial score (nSPS) is 11.1. The standard InChI is InChI=1S/C17H23FN4O.ClH/c1-11-15(9-16(23)20-17(3,4)10-19)12(2)22(21-11)14-7-5-13(18)6-8-14;/h5-8H,9-10,19H2,1-4H3,(H,20,23);1H. The van der Waals surface area contributed by atoms with Gasteiger partial charge in [0, 0.05) is 23.3 Å². The number of halogens is 2. The lowest BCUT2D eigenvalue weighted by molar-refractivity contribution is -0.121. The topological polar surface area (TPSA) is 72.9 Å². The zero-order chi connectivity index (χ0) is 17.2. The quantitative estimate of drug-likeness (QED) is 0.866. The third-order valence-electron chi connectivity index (χ3n) is 3.84. The monoisotopic (exact) mass is 354 g/mol. The zero-order valence-electron chi connectivity index (χ0n) is 14.4. The molecule has 0 bridgehead atoms. The van der Waals surface area contributed by atoms with E-state index in [1.807, 2.05) is 27.7 Å². The number of hydrogen-bond donors (Lipinski definition) is 2.